The van der Waals surface area contributed by atoms with Crippen molar-refractivity contribution in [2.75, 3.05) is 6.61 Å². The number of nitriles is 1. The molecule has 0 amide bonds. The third kappa shape index (κ3) is 4.49. The molecule has 0 bridgehead atoms. The van der Waals surface area contributed by atoms with Crippen molar-refractivity contribution in [1.82, 2.24) is 19.3 Å². The zero-order valence-corrected chi connectivity index (χ0v) is 18.8. The SMILES string of the molecule is Cc1cc(C)n(-c2ccc(Cl)c(C(=O)OCC(=O)c3cn(CCC#N)c4ccccc34)n2)n1. The number of carbonyl (C=O) groups excluding carboxylic acids is 2. The summed E-state index contributed by atoms with van der Waals surface area (Å²) in [5.74, 6) is -0.741. The van der Waals surface area contributed by atoms with Crippen molar-refractivity contribution in [2.24, 2.45) is 0 Å². The summed E-state index contributed by atoms with van der Waals surface area (Å²) in [4.78, 5) is 29.9. The molecule has 4 rings (SSSR count). The Bertz CT molecular complexity index is 1410. The summed E-state index contributed by atoms with van der Waals surface area (Å²) in [6.07, 6.45) is 2.00. The van der Waals surface area contributed by atoms with Gasteiger partial charge in [0.2, 0.25) is 5.78 Å². The molecule has 0 atom stereocenters. The fourth-order valence-electron chi connectivity index (χ4n) is 3.66. The minimum atomic E-state index is -0.801. The molecule has 0 fully saturated rings. The normalized spacial score (nSPS) is 10.8. The molecule has 3 heterocycles. The summed E-state index contributed by atoms with van der Waals surface area (Å²) in [5, 5.41) is 14.1. The van der Waals surface area contributed by atoms with E-state index >= 15 is 0 Å². The molecule has 0 aliphatic carbocycles. The number of carbonyl (C=O) groups is 2. The number of hydrogen-bond donors (Lipinski definition) is 0. The van der Waals surface area contributed by atoms with Gasteiger partial charge in [-0.25, -0.2) is 14.5 Å². The molecule has 33 heavy (non-hydrogen) atoms. The number of benzene rings is 1. The largest absolute Gasteiger partial charge is 0.453 e. The van der Waals surface area contributed by atoms with E-state index in [4.69, 9.17) is 21.6 Å². The van der Waals surface area contributed by atoms with Gasteiger partial charge >= 0.3 is 5.97 Å². The van der Waals surface area contributed by atoms with Crippen LogP contribution in [-0.2, 0) is 11.3 Å². The average Bonchev–Trinajstić information content (AvgIpc) is 3.35. The molecular weight excluding hydrogens is 442 g/mol. The first-order valence-electron chi connectivity index (χ1n) is 10.2. The number of fused-ring (bicyclic) bond motifs is 1. The molecule has 3 aromatic heterocycles. The molecule has 0 N–H and O–H groups in total. The molecule has 0 saturated heterocycles. The first-order chi connectivity index (χ1) is 15.9. The predicted molar refractivity (Wildman–Crippen MR) is 123 cm³/mol. The minimum Gasteiger partial charge on any atom is -0.453 e. The van der Waals surface area contributed by atoms with Gasteiger partial charge in [0.05, 0.1) is 23.2 Å². The van der Waals surface area contributed by atoms with Crippen molar-refractivity contribution in [2.45, 2.75) is 26.8 Å². The summed E-state index contributed by atoms with van der Waals surface area (Å²) in [5.41, 5.74) is 2.83. The monoisotopic (exact) mass is 461 g/mol. The van der Waals surface area contributed by atoms with Gasteiger partial charge < -0.3 is 9.30 Å². The fraction of sp³-hybridized carbons (Fsp3) is 0.208. The minimum absolute atomic E-state index is 0.0917. The standard InChI is InChI=1S/C24H20ClN5O3/c1-15-12-16(2)30(28-15)22-9-8-19(25)23(27-22)24(32)33-14-21(31)18-13-29(11-5-10-26)20-7-4-3-6-17(18)20/h3-4,6-9,12-13H,5,11,14H2,1-2H3. The lowest BCUT2D eigenvalue weighted by molar-refractivity contribution is 0.0469. The van der Waals surface area contributed by atoms with Crippen LogP contribution >= 0.6 is 11.6 Å². The lowest BCUT2D eigenvalue weighted by Crippen LogP contribution is -2.16. The molecule has 0 saturated carbocycles. The second kappa shape index (κ2) is 9.27. The highest BCUT2D eigenvalue weighted by Gasteiger charge is 2.20. The lowest BCUT2D eigenvalue weighted by atomic mass is 10.1. The molecule has 1 aromatic carbocycles. The van der Waals surface area contributed by atoms with E-state index in [1.165, 1.54) is 0 Å². The van der Waals surface area contributed by atoms with Crippen LogP contribution in [0, 0.1) is 25.2 Å². The van der Waals surface area contributed by atoms with Crippen molar-refractivity contribution in [3.05, 3.63) is 76.3 Å². The predicted octanol–water partition coefficient (Wildman–Crippen LogP) is 4.45. The number of para-hydroxylation sites is 1. The summed E-state index contributed by atoms with van der Waals surface area (Å²) >= 11 is 6.18. The summed E-state index contributed by atoms with van der Waals surface area (Å²) in [6, 6.07) is 14.6. The molecule has 166 valence electrons. The maximum atomic E-state index is 12.9. The van der Waals surface area contributed by atoms with Crippen LogP contribution in [0.3, 0.4) is 0 Å². The molecule has 9 heteroatoms. The highest BCUT2D eigenvalue weighted by molar-refractivity contribution is 6.33. The van der Waals surface area contributed by atoms with Gasteiger partial charge in [-0.05, 0) is 38.1 Å². The number of pyridine rings is 1. The Morgan fingerprint density at radius 1 is 1.18 bits per heavy atom. The zero-order chi connectivity index (χ0) is 23.5. The number of aromatic nitrogens is 4. The van der Waals surface area contributed by atoms with Gasteiger partial charge in [0.15, 0.2) is 18.1 Å². The van der Waals surface area contributed by atoms with E-state index < -0.39 is 12.6 Å². The molecule has 0 aliphatic heterocycles. The van der Waals surface area contributed by atoms with E-state index in [9.17, 15) is 9.59 Å². The van der Waals surface area contributed by atoms with Gasteiger partial charge in [-0.15, -0.1) is 0 Å². The highest BCUT2D eigenvalue weighted by Crippen LogP contribution is 2.23. The van der Waals surface area contributed by atoms with E-state index in [1.54, 1.807) is 23.0 Å². The first-order valence-corrected chi connectivity index (χ1v) is 10.6. The van der Waals surface area contributed by atoms with Crippen LogP contribution in [-0.4, -0.2) is 37.7 Å². The topological polar surface area (TPSA) is 103 Å². The molecular formula is C24H20ClN5O3. The third-order valence-corrected chi connectivity index (χ3v) is 5.44. The van der Waals surface area contributed by atoms with Gasteiger partial charge in [-0.2, -0.15) is 10.4 Å². The smallest absolute Gasteiger partial charge is 0.359 e. The molecule has 4 aromatic rings. The van der Waals surface area contributed by atoms with E-state index in [2.05, 4.69) is 16.2 Å². The number of rotatable bonds is 7. The van der Waals surface area contributed by atoms with Crippen molar-refractivity contribution in [1.29, 1.82) is 5.26 Å². The second-order valence-electron chi connectivity index (χ2n) is 7.50. The van der Waals surface area contributed by atoms with Crippen LogP contribution in [0.5, 0.6) is 0 Å². The number of halogens is 1. The van der Waals surface area contributed by atoms with Gasteiger partial charge in [0.1, 0.15) is 0 Å². The van der Waals surface area contributed by atoms with Crippen LogP contribution in [0.4, 0.5) is 0 Å². The summed E-state index contributed by atoms with van der Waals surface area (Å²) < 4.78 is 8.72. The first kappa shape index (κ1) is 22.2. The molecule has 0 unspecified atom stereocenters. The van der Waals surface area contributed by atoms with Crippen molar-refractivity contribution < 1.29 is 14.3 Å². The van der Waals surface area contributed by atoms with Gasteiger partial charge in [-0.1, -0.05) is 29.8 Å². The highest BCUT2D eigenvalue weighted by atomic mass is 35.5. The summed E-state index contributed by atoms with van der Waals surface area (Å²) in [6.45, 7) is 3.73. The second-order valence-corrected chi connectivity index (χ2v) is 7.91. The lowest BCUT2D eigenvalue weighted by Gasteiger charge is -2.08. The number of esters is 1. The Morgan fingerprint density at radius 2 is 1.97 bits per heavy atom. The van der Waals surface area contributed by atoms with E-state index in [1.807, 2.05) is 48.7 Å². The van der Waals surface area contributed by atoms with E-state index in [-0.39, 0.29) is 16.5 Å². The maximum Gasteiger partial charge on any atom is 0.359 e. The summed E-state index contributed by atoms with van der Waals surface area (Å²) in [7, 11) is 0. The van der Waals surface area contributed by atoms with Gasteiger partial charge in [0, 0.05) is 34.9 Å². The van der Waals surface area contributed by atoms with E-state index in [0.29, 0.717) is 24.3 Å². The molecule has 0 radical (unpaired) electrons. The quantitative estimate of drug-likeness (QED) is 0.297. The van der Waals surface area contributed by atoms with Gasteiger partial charge in [0.25, 0.3) is 0 Å². The Balaban J connectivity index is 1.54. The Hall–Kier alpha value is -3.96. The Morgan fingerprint density at radius 3 is 2.70 bits per heavy atom. The maximum absolute atomic E-state index is 12.9. The van der Waals surface area contributed by atoms with Crippen LogP contribution in [0.1, 0.15) is 38.7 Å². The number of hydrogen-bond acceptors (Lipinski definition) is 6. The molecule has 0 spiro atoms. The fourth-order valence-corrected chi connectivity index (χ4v) is 3.84. The Kier molecular flexibility index (Phi) is 6.24. The number of nitrogens with zero attached hydrogens (tertiary/aromatic N) is 5. The molecule has 0 aliphatic rings. The van der Waals surface area contributed by atoms with E-state index in [0.717, 1.165) is 22.3 Å². The number of aryl methyl sites for hydroxylation is 3. The number of Topliss-reactive ketones (excluding diaryl/α,β-unsaturated/α-hetero) is 1. The zero-order valence-electron chi connectivity index (χ0n) is 18.1. The average molecular weight is 462 g/mol. The molecule has 8 nitrogen and oxygen atoms in total. The third-order valence-electron chi connectivity index (χ3n) is 5.14. The van der Waals surface area contributed by atoms with Crippen molar-refractivity contribution >= 4 is 34.3 Å². The van der Waals surface area contributed by atoms with Crippen molar-refractivity contribution in [3.63, 3.8) is 0 Å². The van der Waals surface area contributed by atoms with Crippen LogP contribution < -0.4 is 0 Å². The van der Waals surface area contributed by atoms with Gasteiger partial charge in [-0.3, -0.25) is 4.79 Å². The number of ketones is 1. The van der Waals surface area contributed by atoms with Crippen LogP contribution in [0.2, 0.25) is 5.02 Å². The van der Waals surface area contributed by atoms with Crippen molar-refractivity contribution in [3.8, 4) is 11.9 Å². The van der Waals surface area contributed by atoms with Crippen LogP contribution in [0.25, 0.3) is 16.7 Å². The van der Waals surface area contributed by atoms with Crippen LogP contribution in [0.15, 0.2) is 48.7 Å². The number of ether oxygens (including phenoxy) is 1. The Labute approximate surface area is 195 Å².